The van der Waals surface area contributed by atoms with Crippen LogP contribution in [0.25, 0.3) is 0 Å². The number of amides is 1. The Morgan fingerprint density at radius 2 is 2.33 bits per heavy atom. The number of rotatable bonds is 4. The van der Waals surface area contributed by atoms with E-state index < -0.39 is 0 Å². The number of thiazole rings is 1. The average Bonchev–Trinajstić information content (AvgIpc) is 2.63. The highest BCUT2D eigenvalue weighted by Crippen LogP contribution is 2.17. The highest BCUT2D eigenvalue weighted by Gasteiger charge is 2.16. The van der Waals surface area contributed by atoms with Crippen molar-refractivity contribution in [3.8, 4) is 0 Å². The van der Waals surface area contributed by atoms with Crippen LogP contribution in [0, 0.1) is 12.8 Å². The summed E-state index contributed by atoms with van der Waals surface area (Å²) < 4.78 is 0. The van der Waals surface area contributed by atoms with Crippen molar-refractivity contribution in [1.29, 1.82) is 0 Å². The van der Waals surface area contributed by atoms with Crippen LogP contribution < -0.4 is 11.1 Å². The molecule has 1 aromatic rings. The first-order chi connectivity index (χ1) is 7.04. The summed E-state index contributed by atoms with van der Waals surface area (Å²) in [7, 11) is 0. The van der Waals surface area contributed by atoms with E-state index in [-0.39, 0.29) is 17.9 Å². The number of carbonyl (C=O) groups excluding carboxylic acids is 1. The lowest BCUT2D eigenvalue weighted by Crippen LogP contribution is -2.34. The van der Waals surface area contributed by atoms with Crippen LogP contribution in [0.5, 0.6) is 0 Å². The van der Waals surface area contributed by atoms with Crippen LogP contribution in [-0.4, -0.2) is 17.4 Å². The van der Waals surface area contributed by atoms with E-state index in [2.05, 4.69) is 10.3 Å². The number of nitrogens with one attached hydrogen (secondary N) is 1. The molecule has 2 unspecified atom stereocenters. The summed E-state index contributed by atoms with van der Waals surface area (Å²) in [6, 6.07) is -0.0369. The molecule has 1 amide bonds. The molecular formula is C10H17N3OS. The molecule has 0 saturated heterocycles. The highest BCUT2D eigenvalue weighted by molar-refractivity contribution is 7.09. The Labute approximate surface area is 93.9 Å². The van der Waals surface area contributed by atoms with Crippen molar-refractivity contribution in [1.82, 2.24) is 10.3 Å². The molecule has 0 radical (unpaired) electrons. The van der Waals surface area contributed by atoms with E-state index in [9.17, 15) is 4.79 Å². The summed E-state index contributed by atoms with van der Waals surface area (Å²) in [6.45, 7) is 6.06. The summed E-state index contributed by atoms with van der Waals surface area (Å²) in [6.07, 6.45) is 0. The van der Waals surface area contributed by atoms with Crippen LogP contribution in [-0.2, 0) is 4.79 Å². The Morgan fingerprint density at radius 1 is 1.67 bits per heavy atom. The molecule has 5 heteroatoms. The molecule has 15 heavy (non-hydrogen) atoms. The third-order valence-corrected chi connectivity index (χ3v) is 3.31. The van der Waals surface area contributed by atoms with Crippen LogP contribution in [0.15, 0.2) is 5.38 Å². The molecule has 1 aromatic heterocycles. The fourth-order valence-corrected chi connectivity index (χ4v) is 1.90. The predicted octanol–water partition coefficient (Wildman–Crippen LogP) is 1.22. The number of nitrogens with zero attached hydrogens (tertiary/aromatic N) is 1. The van der Waals surface area contributed by atoms with Crippen molar-refractivity contribution in [2.45, 2.75) is 26.8 Å². The zero-order chi connectivity index (χ0) is 11.4. The van der Waals surface area contributed by atoms with Gasteiger partial charge in [-0.05, 0) is 13.8 Å². The van der Waals surface area contributed by atoms with Crippen molar-refractivity contribution in [2.24, 2.45) is 11.7 Å². The molecule has 1 rings (SSSR count). The molecule has 0 spiro atoms. The average molecular weight is 227 g/mol. The highest BCUT2D eigenvalue weighted by atomic mass is 32.1. The zero-order valence-electron chi connectivity index (χ0n) is 9.28. The van der Waals surface area contributed by atoms with Gasteiger partial charge in [0.1, 0.15) is 5.01 Å². The van der Waals surface area contributed by atoms with Gasteiger partial charge in [-0.15, -0.1) is 11.3 Å². The number of aromatic nitrogens is 1. The number of hydrogen-bond acceptors (Lipinski definition) is 4. The summed E-state index contributed by atoms with van der Waals surface area (Å²) in [5.74, 6) is -0.161. The van der Waals surface area contributed by atoms with E-state index in [4.69, 9.17) is 5.73 Å². The molecule has 4 nitrogen and oxygen atoms in total. The molecule has 0 saturated carbocycles. The third-order valence-electron chi connectivity index (χ3n) is 2.17. The summed E-state index contributed by atoms with van der Waals surface area (Å²) in [5.41, 5.74) is 6.41. The van der Waals surface area contributed by atoms with Gasteiger partial charge in [0.15, 0.2) is 0 Å². The smallest absolute Gasteiger partial charge is 0.224 e. The largest absolute Gasteiger partial charge is 0.347 e. The van der Waals surface area contributed by atoms with E-state index in [1.165, 1.54) is 0 Å². The summed E-state index contributed by atoms with van der Waals surface area (Å²) >= 11 is 1.56. The topological polar surface area (TPSA) is 68.0 Å². The molecule has 3 N–H and O–H groups in total. The van der Waals surface area contributed by atoms with Gasteiger partial charge < -0.3 is 11.1 Å². The van der Waals surface area contributed by atoms with Gasteiger partial charge in [0, 0.05) is 23.5 Å². The van der Waals surface area contributed by atoms with Gasteiger partial charge in [-0.1, -0.05) is 6.92 Å². The summed E-state index contributed by atoms with van der Waals surface area (Å²) in [5, 5.41) is 5.80. The second kappa shape index (κ2) is 5.23. The first kappa shape index (κ1) is 12.1. The standard InChI is InChI=1S/C10H17N3OS/c1-6(4-11)9(14)13-8(3)10-12-7(2)5-15-10/h5-6,8H,4,11H2,1-3H3,(H,13,14). The lowest BCUT2D eigenvalue weighted by Gasteiger charge is -2.14. The minimum atomic E-state index is -0.145. The first-order valence-electron chi connectivity index (χ1n) is 4.97. The molecule has 0 aliphatic heterocycles. The lowest BCUT2D eigenvalue weighted by atomic mass is 10.1. The van der Waals surface area contributed by atoms with Gasteiger partial charge in [0.05, 0.1) is 6.04 Å². The fraction of sp³-hybridized carbons (Fsp3) is 0.600. The Bertz CT molecular complexity index is 337. The van der Waals surface area contributed by atoms with Crippen molar-refractivity contribution in [3.05, 3.63) is 16.1 Å². The fourth-order valence-electron chi connectivity index (χ4n) is 1.10. The minimum absolute atomic E-state index is 0.0159. The monoisotopic (exact) mass is 227 g/mol. The molecule has 2 atom stereocenters. The number of aryl methyl sites for hydroxylation is 1. The Kier molecular flexibility index (Phi) is 4.23. The molecule has 0 fully saturated rings. The van der Waals surface area contributed by atoms with E-state index in [1.807, 2.05) is 26.2 Å². The molecule has 0 bridgehead atoms. The van der Waals surface area contributed by atoms with Crippen LogP contribution in [0.1, 0.15) is 30.6 Å². The predicted molar refractivity (Wildman–Crippen MR) is 61.6 cm³/mol. The van der Waals surface area contributed by atoms with E-state index in [0.29, 0.717) is 6.54 Å². The number of nitrogens with two attached hydrogens (primary N) is 1. The third kappa shape index (κ3) is 3.28. The van der Waals surface area contributed by atoms with Crippen molar-refractivity contribution in [2.75, 3.05) is 6.54 Å². The Balaban J connectivity index is 2.56. The zero-order valence-corrected chi connectivity index (χ0v) is 10.1. The van der Waals surface area contributed by atoms with Gasteiger partial charge in [0.2, 0.25) is 5.91 Å². The second-order valence-corrected chi connectivity index (χ2v) is 4.58. The second-order valence-electron chi connectivity index (χ2n) is 3.69. The minimum Gasteiger partial charge on any atom is -0.347 e. The number of carbonyl (C=O) groups is 1. The number of hydrogen-bond donors (Lipinski definition) is 2. The van der Waals surface area contributed by atoms with Gasteiger partial charge in [-0.2, -0.15) is 0 Å². The van der Waals surface area contributed by atoms with Crippen molar-refractivity contribution in [3.63, 3.8) is 0 Å². The van der Waals surface area contributed by atoms with Crippen LogP contribution in [0.4, 0.5) is 0 Å². The summed E-state index contributed by atoms with van der Waals surface area (Å²) in [4.78, 5) is 15.9. The molecule has 84 valence electrons. The van der Waals surface area contributed by atoms with Crippen molar-refractivity contribution >= 4 is 17.2 Å². The van der Waals surface area contributed by atoms with Crippen LogP contribution in [0.2, 0.25) is 0 Å². The van der Waals surface area contributed by atoms with Crippen LogP contribution >= 0.6 is 11.3 Å². The van der Waals surface area contributed by atoms with E-state index >= 15 is 0 Å². The molecule has 1 heterocycles. The maximum atomic E-state index is 11.6. The quantitative estimate of drug-likeness (QED) is 0.812. The molecule has 0 aromatic carbocycles. The first-order valence-corrected chi connectivity index (χ1v) is 5.85. The SMILES string of the molecule is Cc1csc(C(C)NC(=O)C(C)CN)n1. The van der Waals surface area contributed by atoms with Crippen LogP contribution in [0.3, 0.4) is 0 Å². The maximum absolute atomic E-state index is 11.6. The Morgan fingerprint density at radius 3 is 2.80 bits per heavy atom. The molecule has 0 aliphatic carbocycles. The van der Waals surface area contributed by atoms with Gasteiger partial charge in [-0.25, -0.2) is 4.98 Å². The van der Waals surface area contributed by atoms with Gasteiger partial charge >= 0.3 is 0 Å². The molecule has 0 aliphatic rings. The molecular weight excluding hydrogens is 210 g/mol. The lowest BCUT2D eigenvalue weighted by molar-refractivity contribution is -0.124. The van der Waals surface area contributed by atoms with E-state index in [1.54, 1.807) is 11.3 Å². The van der Waals surface area contributed by atoms with Gasteiger partial charge in [0.25, 0.3) is 0 Å². The van der Waals surface area contributed by atoms with Crippen molar-refractivity contribution < 1.29 is 4.79 Å². The normalized spacial score (nSPS) is 14.7. The Hall–Kier alpha value is -0.940. The maximum Gasteiger partial charge on any atom is 0.224 e. The van der Waals surface area contributed by atoms with E-state index in [0.717, 1.165) is 10.7 Å². The van der Waals surface area contributed by atoms with Gasteiger partial charge in [-0.3, -0.25) is 4.79 Å².